The summed E-state index contributed by atoms with van der Waals surface area (Å²) in [5, 5.41) is 0. The van der Waals surface area contributed by atoms with Crippen LogP contribution in [0.5, 0.6) is 0 Å². The van der Waals surface area contributed by atoms with Crippen molar-refractivity contribution < 1.29 is 4.79 Å². The van der Waals surface area contributed by atoms with Crippen molar-refractivity contribution in [2.75, 3.05) is 6.54 Å². The predicted molar refractivity (Wildman–Crippen MR) is 93.3 cm³/mol. The van der Waals surface area contributed by atoms with Gasteiger partial charge in [0.1, 0.15) is 0 Å². The third-order valence-electron chi connectivity index (χ3n) is 3.20. The summed E-state index contributed by atoms with van der Waals surface area (Å²) in [4.78, 5) is 14.2. The van der Waals surface area contributed by atoms with E-state index in [2.05, 4.69) is 53.7 Å². The van der Waals surface area contributed by atoms with Crippen LogP contribution >= 0.6 is 0 Å². The van der Waals surface area contributed by atoms with Crippen molar-refractivity contribution in [2.24, 2.45) is 0 Å². The van der Waals surface area contributed by atoms with Crippen molar-refractivity contribution in [3.8, 4) is 0 Å². The second-order valence-corrected chi connectivity index (χ2v) is 7.21. The summed E-state index contributed by atoms with van der Waals surface area (Å²) in [6.45, 7) is 17.2. The number of amides is 1. The van der Waals surface area contributed by atoms with Gasteiger partial charge < -0.3 is 4.90 Å². The fraction of sp³-hybridized carbons (Fsp3) is 0.632. The maximum Gasteiger partial charge on any atom is 0.247 e. The highest BCUT2D eigenvalue weighted by atomic mass is 16.2. The number of carbonyl (C=O) groups excluding carboxylic acids is 1. The van der Waals surface area contributed by atoms with Crippen molar-refractivity contribution in [3.63, 3.8) is 0 Å². The van der Waals surface area contributed by atoms with Crippen LogP contribution in [0, 0.1) is 0 Å². The van der Waals surface area contributed by atoms with Crippen LogP contribution < -0.4 is 0 Å². The third kappa shape index (κ3) is 9.28. The number of carbonyl (C=O) groups is 1. The van der Waals surface area contributed by atoms with Crippen LogP contribution in [0.25, 0.3) is 0 Å². The number of allylic oxidation sites excluding steroid dienone is 4. The zero-order chi connectivity index (χ0) is 16.6. The molecule has 0 aromatic rings. The van der Waals surface area contributed by atoms with Gasteiger partial charge in [0.05, 0.1) is 0 Å². The van der Waals surface area contributed by atoms with Gasteiger partial charge in [-0.15, -0.1) is 0 Å². The van der Waals surface area contributed by atoms with E-state index in [1.54, 1.807) is 6.08 Å². The Morgan fingerprint density at radius 1 is 0.952 bits per heavy atom. The molecule has 0 aromatic carbocycles. The Labute approximate surface area is 131 Å². The molecule has 2 nitrogen and oxygen atoms in total. The molecule has 0 heterocycles. The Morgan fingerprint density at radius 3 is 1.95 bits per heavy atom. The molecule has 0 radical (unpaired) electrons. The van der Waals surface area contributed by atoms with Gasteiger partial charge in [0, 0.05) is 18.2 Å². The molecule has 0 atom stereocenters. The van der Waals surface area contributed by atoms with E-state index in [4.69, 9.17) is 0 Å². The molecule has 0 aliphatic carbocycles. The molecule has 0 rings (SSSR count). The van der Waals surface area contributed by atoms with Crippen LogP contribution in [-0.2, 0) is 4.79 Å². The fourth-order valence-electron chi connectivity index (χ4n) is 1.96. The molecule has 0 unspecified atom stereocenters. The molecule has 0 bridgehead atoms. The van der Waals surface area contributed by atoms with Crippen molar-refractivity contribution in [2.45, 2.75) is 73.8 Å². The van der Waals surface area contributed by atoms with Gasteiger partial charge in [0.2, 0.25) is 5.91 Å². The number of nitrogens with zero attached hydrogens (tertiary/aromatic N) is 1. The van der Waals surface area contributed by atoms with E-state index in [0.717, 1.165) is 18.4 Å². The summed E-state index contributed by atoms with van der Waals surface area (Å²) in [7, 11) is 0. The van der Waals surface area contributed by atoms with Crippen LogP contribution in [-0.4, -0.2) is 22.9 Å². The first-order valence-electron chi connectivity index (χ1n) is 7.79. The Bertz CT molecular complexity index is 425. The lowest BCUT2D eigenvalue weighted by Gasteiger charge is -2.34. The Balaban J connectivity index is 4.81. The molecule has 0 saturated heterocycles. The Hall–Kier alpha value is -1.31. The Kier molecular flexibility index (Phi) is 8.31. The van der Waals surface area contributed by atoms with Crippen LogP contribution in [0.1, 0.15) is 68.2 Å². The summed E-state index contributed by atoms with van der Waals surface area (Å²) in [5.74, 6) is 0.0934. The van der Waals surface area contributed by atoms with Gasteiger partial charge in [-0.1, -0.05) is 28.9 Å². The SMILES string of the molecule is CC(C)=CCC/C(C)=C/CN(C(=O)C=C(C)C)C(C)(C)C. The molecule has 2 heteroatoms. The summed E-state index contributed by atoms with van der Waals surface area (Å²) < 4.78 is 0. The standard InChI is InChI=1S/C19H33NO/c1-15(2)10-9-11-17(5)12-13-20(19(6,7)8)18(21)14-16(3)4/h10,12,14H,9,11,13H2,1-8H3/b17-12+. The van der Waals surface area contributed by atoms with E-state index in [1.807, 2.05) is 18.7 Å². The largest absolute Gasteiger partial charge is 0.331 e. The molecule has 0 saturated carbocycles. The minimum Gasteiger partial charge on any atom is -0.331 e. The smallest absolute Gasteiger partial charge is 0.247 e. The van der Waals surface area contributed by atoms with E-state index >= 15 is 0 Å². The lowest BCUT2D eigenvalue weighted by atomic mass is 10.0. The molecule has 0 aliphatic rings. The lowest BCUT2D eigenvalue weighted by Crippen LogP contribution is -2.45. The first-order valence-corrected chi connectivity index (χ1v) is 7.79. The quantitative estimate of drug-likeness (QED) is 0.482. The van der Waals surface area contributed by atoms with Crippen LogP contribution in [0.4, 0.5) is 0 Å². The number of rotatable bonds is 6. The highest BCUT2D eigenvalue weighted by Crippen LogP contribution is 2.16. The normalized spacial score (nSPS) is 11.9. The van der Waals surface area contributed by atoms with Crippen molar-refractivity contribution in [3.05, 3.63) is 34.9 Å². The van der Waals surface area contributed by atoms with E-state index in [0.29, 0.717) is 6.54 Å². The molecule has 0 N–H and O–H groups in total. The molecule has 0 aromatic heterocycles. The topological polar surface area (TPSA) is 20.3 Å². The molecule has 1 amide bonds. The van der Waals surface area contributed by atoms with E-state index in [1.165, 1.54) is 11.1 Å². The molecular formula is C19H33NO. The summed E-state index contributed by atoms with van der Waals surface area (Å²) in [6.07, 6.45) is 8.29. The second-order valence-electron chi connectivity index (χ2n) is 7.21. The summed E-state index contributed by atoms with van der Waals surface area (Å²) in [5.41, 5.74) is 3.57. The number of hydrogen-bond acceptors (Lipinski definition) is 1. The number of hydrogen-bond donors (Lipinski definition) is 0. The summed E-state index contributed by atoms with van der Waals surface area (Å²) >= 11 is 0. The van der Waals surface area contributed by atoms with E-state index in [-0.39, 0.29) is 11.4 Å². The fourth-order valence-corrected chi connectivity index (χ4v) is 1.96. The van der Waals surface area contributed by atoms with Gasteiger partial charge in [0.25, 0.3) is 0 Å². The minimum absolute atomic E-state index is 0.0934. The average molecular weight is 291 g/mol. The van der Waals surface area contributed by atoms with Gasteiger partial charge in [-0.2, -0.15) is 0 Å². The first-order chi connectivity index (χ1) is 9.54. The van der Waals surface area contributed by atoms with Crippen molar-refractivity contribution in [1.29, 1.82) is 0 Å². The van der Waals surface area contributed by atoms with Gasteiger partial charge in [-0.3, -0.25) is 4.79 Å². The minimum atomic E-state index is -0.167. The highest BCUT2D eigenvalue weighted by Gasteiger charge is 2.23. The van der Waals surface area contributed by atoms with Crippen molar-refractivity contribution >= 4 is 5.91 Å². The van der Waals surface area contributed by atoms with Gasteiger partial charge in [-0.05, 0) is 68.2 Å². The molecular weight excluding hydrogens is 258 g/mol. The van der Waals surface area contributed by atoms with E-state index in [9.17, 15) is 4.79 Å². The van der Waals surface area contributed by atoms with Gasteiger partial charge >= 0.3 is 0 Å². The molecule has 0 spiro atoms. The molecule has 0 fully saturated rings. The van der Waals surface area contributed by atoms with Crippen molar-refractivity contribution in [1.82, 2.24) is 4.90 Å². The summed E-state index contributed by atoms with van der Waals surface area (Å²) in [6, 6.07) is 0. The maximum absolute atomic E-state index is 12.3. The lowest BCUT2D eigenvalue weighted by molar-refractivity contribution is -0.129. The molecule has 120 valence electrons. The van der Waals surface area contributed by atoms with E-state index < -0.39 is 0 Å². The Morgan fingerprint density at radius 2 is 1.52 bits per heavy atom. The van der Waals surface area contributed by atoms with Crippen LogP contribution in [0.2, 0.25) is 0 Å². The average Bonchev–Trinajstić information content (AvgIpc) is 2.25. The molecule has 0 aliphatic heterocycles. The zero-order valence-electron chi connectivity index (χ0n) is 15.2. The monoisotopic (exact) mass is 291 g/mol. The van der Waals surface area contributed by atoms with Crippen LogP contribution in [0.15, 0.2) is 34.9 Å². The first kappa shape index (κ1) is 19.7. The predicted octanol–water partition coefficient (Wildman–Crippen LogP) is 5.27. The maximum atomic E-state index is 12.3. The second kappa shape index (κ2) is 8.86. The highest BCUT2D eigenvalue weighted by molar-refractivity contribution is 5.88. The molecule has 21 heavy (non-hydrogen) atoms. The van der Waals surface area contributed by atoms with Crippen LogP contribution in [0.3, 0.4) is 0 Å². The zero-order valence-corrected chi connectivity index (χ0v) is 15.2. The van der Waals surface area contributed by atoms with Gasteiger partial charge in [0.15, 0.2) is 0 Å². The van der Waals surface area contributed by atoms with Gasteiger partial charge in [-0.25, -0.2) is 0 Å². The third-order valence-corrected chi connectivity index (χ3v) is 3.20.